The lowest BCUT2D eigenvalue weighted by Crippen LogP contribution is -2.36. The molecule has 0 bridgehead atoms. The number of carboxylic acid groups (broad SMARTS) is 1. The van der Waals surface area contributed by atoms with Gasteiger partial charge in [-0.2, -0.15) is 0 Å². The van der Waals surface area contributed by atoms with Crippen LogP contribution >= 0.6 is 15.9 Å². The zero-order valence-corrected chi connectivity index (χ0v) is 11.6. The molecule has 0 aromatic carbocycles. The summed E-state index contributed by atoms with van der Waals surface area (Å²) in [5.74, 6) is -1.22. The number of carbonyl (C=O) groups is 2. The molecule has 0 aliphatic rings. The Hall–Kier alpha value is -1.43. The van der Waals surface area contributed by atoms with Crippen molar-refractivity contribution in [2.45, 2.75) is 32.2 Å². The highest BCUT2D eigenvalue weighted by atomic mass is 79.9. The van der Waals surface area contributed by atoms with Gasteiger partial charge in [0.2, 0.25) is 0 Å². The molecule has 2 N–H and O–H groups in total. The minimum atomic E-state index is -0.916. The smallest absolute Gasteiger partial charge is 0.305 e. The van der Waals surface area contributed by atoms with Gasteiger partial charge in [0.1, 0.15) is 0 Å². The van der Waals surface area contributed by atoms with Crippen molar-refractivity contribution in [3.63, 3.8) is 0 Å². The summed E-state index contributed by atoms with van der Waals surface area (Å²) in [6.45, 7) is 1.95. The summed E-state index contributed by atoms with van der Waals surface area (Å²) in [7, 11) is 0. The fourth-order valence-corrected chi connectivity index (χ4v) is 1.95. The van der Waals surface area contributed by atoms with Gasteiger partial charge in [0.05, 0.1) is 12.0 Å². The van der Waals surface area contributed by atoms with Crippen molar-refractivity contribution in [1.82, 2.24) is 10.3 Å². The third-order valence-corrected chi connectivity index (χ3v) is 2.79. The van der Waals surface area contributed by atoms with E-state index in [0.717, 1.165) is 6.42 Å². The first-order valence-electron chi connectivity index (χ1n) is 5.66. The van der Waals surface area contributed by atoms with Crippen LogP contribution in [0.5, 0.6) is 0 Å². The number of nitrogens with one attached hydrogen (secondary N) is 1. The van der Waals surface area contributed by atoms with Crippen molar-refractivity contribution >= 4 is 27.8 Å². The van der Waals surface area contributed by atoms with E-state index in [2.05, 4.69) is 26.2 Å². The fraction of sp³-hybridized carbons (Fsp3) is 0.417. The Bertz CT molecular complexity index is 437. The molecule has 1 atom stereocenters. The largest absolute Gasteiger partial charge is 0.481 e. The topological polar surface area (TPSA) is 79.3 Å². The molecule has 18 heavy (non-hydrogen) atoms. The molecule has 5 nitrogen and oxygen atoms in total. The lowest BCUT2D eigenvalue weighted by atomic mass is 10.1. The first-order valence-corrected chi connectivity index (χ1v) is 6.45. The molecule has 6 heteroatoms. The van der Waals surface area contributed by atoms with Crippen molar-refractivity contribution in [3.8, 4) is 0 Å². The van der Waals surface area contributed by atoms with Gasteiger partial charge < -0.3 is 10.4 Å². The van der Waals surface area contributed by atoms with Gasteiger partial charge in [-0.1, -0.05) is 13.3 Å². The predicted octanol–water partition coefficient (Wildman–Crippen LogP) is 2.22. The van der Waals surface area contributed by atoms with Crippen LogP contribution in [0.25, 0.3) is 0 Å². The number of carbonyl (C=O) groups excluding carboxylic acids is 1. The second-order valence-corrected chi connectivity index (χ2v) is 4.86. The van der Waals surface area contributed by atoms with Crippen molar-refractivity contribution < 1.29 is 14.7 Å². The molecule has 0 saturated carbocycles. The molecule has 0 radical (unpaired) electrons. The van der Waals surface area contributed by atoms with Gasteiger partial charge >= 0.3 is 5.97 Å². The molecule has 1 unspecified atom stereocenters. The number of hydrogen-bond acceptors (Lipinski definition) is 3. The van der Waals surface area contributed by atoms with E-state index in [0.29, 0.717) is 16.5 Å². The lowest BCUT2D eigenvalue weighted by Gasteiger charge is -2.15. The number of carboxylic acids is 1. The molecule has 98 valence electrons. The third-order valence-electron chi connectivity index (χ3n) is 2.36. The van der Waals surface area contributed by atoms with Crippen molar-refractivity contribution in [2.24, 2.45) is 0 Å². The molecule has 1 aromatic heterocycles. The maximum absolute atomic E-state index is 11.9. The van der Waals surface area contributed by atoms with E-state index in [1.54, 1.807) is 12.3 Å². The number of hydrogen-bond donors (Lipinski definition) is 2. The summed E-state index contributed by atoms with van der Waals surface area (Å²) >= 11 is 3.23. The summed E-state index contributed by atoms with van der Waals surface area (Å²) in [5.41, 5.74) is 0.413. The maximum atomic E-state index is 11.9. The highest BCUT2D eigenvalue weighted by Crippen LogP contribution is 2.10. The molecule has 1 amide bonds. The molecule has 0 aliphatic carbocycles. The summed E-state index contributed by atoms with van der Waals surface area (Å²) in [6, 6.07) is 1.30. The summed E-state index contributed by atoms with van der Waals surface area (Å²) in [5, 5.41) is 11.5. The van der Waals surface area contributed by atoms with Crippen LogP contribution in [0.1, 0.15) is 36.5 Å². The quantitative estimate of drug-likeness (QED) is 0.843. The molecule has 1 heterocycles. The van der Waals surface area contributed by atoms with E-state index in [1.807, 2.05) is 6.92 Å². The summed E-state index contributed by atoms with van der Waals surface area (Å²) in [4.78, 5) is 26.5. The molecular formula is C12H15BrN2O3. The van der Waals surface area contributed by atoms with Gasteiger partial charge in [0, 0.05) is 22.9 Å². The Labute approximate surface area is 114 Å². The standard InChI is InChI=1S/C12H15BrN2O3/c1-2-3-10(5-11(16)17)15-12(18)8-4-9(13)7-14-6-8/h4,6-7,10H,2-3,5H2,1H3,(H,15,18)(H,16,17). The fourth-order valence-electron chi connectivity index (χ4n) is 1.59. The Kier molecular flexibility index (Phi) is 5.77. The van der Waals surface area contributed by atoms with Gasteiger partial charge in [-0.15, -0.1) is 0 Å². The van der Waals surface area contributed by atoms with E-state index < -0.39 is 5.97 Å². The molecule has 0 spiro atoms. The monoisotopic (exact) mass is 314 g/mol. The normalized spacial score (nSPS) is 11.9. The summed E-state index contributed by atoms with van der Waals surface area (Å²) < 4.78 is 0.709. The lowest BCUT2D eigenvalue weighted by molar-refractivity contribution is -0.137. The first-order chi connectivity index (χ1) is 8.52. The van der Waals surface area contributed by atoms with E-state index in [-0.39, 0.29) is 18.4 Å². The van der Waals surface area contributed by atoms with Gasteiger partial charge in [-0.3, -0.25) is 14.6 Å². The highest BCUT2D eigenvalue weighted by Gasteiger charge is 2.16. The number of nitrogens with zero attached hydrogens (tertiary/aromatic N) is 1. The molecule has 1 aromatic rings. The Morgan fingerprint density at radius 2 is 2.22 bits per heavy atom. The van der Waals surface area contributed by atoms with Crippen LogP contribution in [0.4, 0.5) is 0 Å². The zero-order valence-electron chi connectivity index (χ0n) is 10.0. The van der Waals surface area contributed by atoms with Crippen molar-refractivity contribution in [3.05, 3.63) is 28.5 Å². The van der Waals surface area contributed by atoms with Crippen molar-refractivity contribution in [2.75, 3.05) is 0 Å². The molecular weight excluding hydrogens is 300 g/mol. The van der Waals surface area contributed by atoms with Crippen LogP contribution in [0.3, 0.4) is 0 Å². The molecule has 0 fully saturated rings. The van der Waals surface area contributed by atoms with Crippen LogP contribution < -0.4 is 5.32 Å². The number of rotatable bonds is 6. The average Bonchev–Trinajstić information content (AvgIpc) is 2.28. The first kappa shape index (κ1) is 14.6. The van der Waals surface area contributed by atoms with Crippen molar-refractivity contribution in [1.29, 1.82) is 0 Å². The van der Waals surface area contributed by atoms with E-state index >= 15 is 0 Å². The molecule has 1 rings (SSSR count). The third kappa shape index (κ3) is 4.83. The molecule has 0 saturated heterocycles. The van der Waals surface area contributed by atoms with E-state index in [9.17, 15) is 9.59 Å². The van der Waals surface area contributed by atoms with Gasteiger partial charge in [-0.25, -0.2) is 0 Å². The predicted molar refractivity (Wildman–Crippen MR) is 70.4 cm³/mol. The summed E-state index contributed by atoms with van der Waals surface area (Å²) in [6.07, 6.45) is 4.41. The number of aromatic nitrogens is 1. The van der Waals surface area contributed by atoms with Crippen LogP contribution in [0.2, 0.25) is 0 Å². The Morgan fingerprint density at radius 3 is 2.78 bits per heavy atom. The average molecular weight is 315 g/mol. The minimum absolute atomic E-state index is 0.0684. The number of halogens is 1. The van der Waals surface area contributed by atoms with Crippen LogP contribution in [0, 0.1) is 0 Å². The van der Waals surface area contributed by atoms with Crippen LogP contribution in [0.15, 0.2) is 22.9 Å². The number of pyridine rings is 1. The van der Waals surface area contributed by atoms with Gasteiger partial charge in [0.15, 0.2) is 0 Å². The Balaban J connectivity index is 2.68. The van der Waals surface area contributed by atoms with Crippen LogP contribution in [-0.4, -0.2) is 28.0 Å². The second-order valence-electron chi connectivity index (χ2n) is 3.95. The van der Waals surface area contributed by atoms with E-state index in [1.165, 1.54) is 6.20 Å². The van der Waals surface area contributed by atoms with Gasteiger partial charge in [-0.05, 0) is 28.4 Å². The van der Waals surface area contributed by atoms with E-state index in [4.69, 9.17) is 5.11 Å². The minimum Gasteiger partial charge on any atom is -0.481 e. The highest BCUT2D eigenvalue weighted by molar-refractivity contribution is 9.10. The second kappa shape index (κ2) is 7.10. The zero-order chi connectivity index (χ0) is 13.5. The SMILES string of the molecule is CCCC(CC(=O)O)NC(=O)c1cncc(Br)c1. The number of aliphatic carboxylic acids is 1. The molecule has 0 aliphatic heterocycles. The maximum Gasteiger partial charge on any atom is 0.305 e. The van der Waals surface area contributed by atoms with Crippen LogP contribution in [-0.2, 0) is 4.79 Å². The Morgan fingerprint density at radius 1 is 1.50 bits per heavy atom. The van der Waals surface area contributed by atoms with Gasteiger partial charge in [0.25, 0.3) is 5.91 Å². The number of amides is 1.